The van der Waals surface area contributed by atoms with Gasteiger partial charge < -0.3 is 0 Å². The van der Waals surface area contributed by atoms with Crippen molar-refractivity contribution in [3.8, 4) is 16.9 Å². The van der Waals surface area contributed by atoms with Crippen molar-refractivity contribution in [2.45, 2.75) is 19.3 Å². The number of rotatable bonds is 2. The van der Waals surface area contributed by atoms with E-state index in [1.165, 1.54) is 24.0 Å². The second kappa shape index (κ2) is 5.27. The van der Waals surface area contributed by atoms with E-state index in [1.54, 1.807) is 0 Å². The molecule has 4 aromatic rings. The molecule has 0 aliphatic heterocycles. The number of hydrogen-bond donors (Lipinski definition) is 0. The van der Waals surface area contributed by atoms with Crippen LogP contribution in [0.25, 0.3) is 27.7 Å². The van der Waals surface area contributed by atoms with Crippen molar-refractivity contribution >= 4 is 10.8 Å². The molecule has 116 valence electrons. The highest BCUT2D eigenvalue weighted by Gasteiger charge is 2.13. The molecule has 0 N–H and O–H groups in total. The van der Waals surface area contributed by atoms with Gasteiger partial charge in [0.2, 0.25) is 0 Å². The summed E-state index contributed by atoms with van der Waals surface area (Å²) in [5, 5.41) is 11.0. The van der Waals surface area contributed by atoms with Gasteiger partial charge in [-0.3, -0.25) is 4.98 Å². The van der Waals surface area contributed by atoms with Gasteiger partial charge in [-0.2, -0.15) is 0 Å². The molecule has 5 rings (SSSR count). The maximum atomic E-state index is 4.38. The normalized spacial score (nSPS) is 13.3. The van der Waals surface area contributed by atoms with E-state index in [0.29, 0.717) is 0 Å². The van der Waals surface area contributed by atoms with Crippen molar-refractivity contribution in [2.24, 2.45) is 0 Å². The van der Waals surface area contributed by atoms with Gasteiger partial charge in [-0.1, -0.05) is 35.5 Å². The van der Waals surface area contributed by atoms with Crippen LogP contribution >= 0.6 is 0 Å². The minimum Gasteiger partial charge on any atom is -0.263 e. The summed E-state index contributed by atoms with van der Waals surface area (Å²) in [6.07, 6.45) is 9.34. The summed E-state index contributed by atoms with van der Waals surface area (Å²) in [4.78, 5) is 4.34. The van der Waals surface area contributed by atoms with E-state index < -0.39 is 0 Å². The molecule has 0 radical (unpaired) electrons. The van der Waals surface area contributed by atoms with Crippen LogP contribution in [0.1, 0.15) is 17.5 Å². The van der Waals surface area contributed by atoms with Gasteiger partial charge in [0.25, 0.3) is 0 Å². The van der Waals surface area contributed by atoms with Gasteiger partial charge in [-0.15, -0.1) is 5.10 Å². The summed E-state index contributed by atoms with van der Waals surface area (Å²) >= 11 is 0. The fourth-order valence-corrected chi connectivity index (χ4v) is 3.53. The third kappa shape index (κ3) is 2.11. The summed E-state index contributed by atoms with van der Waals surface area (Å²) < 4.78 is 1.86. The zero-order valence-electron chi connectivity index (χ0n) is 13.2. The van der Waals surface area contributed by atoms with Crippen LogP contribution < -0.4 is 0 Å². The fourth-order valence-electron chi connectivity index (χ4n) is 3.53. The molecule has 0 fully saturated rings. The molecule has 4 heteroatoms. The van der Waals surface area contributed by atoms with Crippen LogP contribution in [0, 0.1) is 0 Å². The quantitative estimate of drug-likeness (QED) is 0.562. The molecule has 0 atom stereocenters. The third-order valence-corrected chi connectivity index (χ3v) is 4.78. The van der Waals surface area contributed by atoms with Crippen LogP contribution in [0.5, 0.6) is 0 Å². The maximum Gasteiger partial charge on any atom is 0.115 e. The molecule has 2 aromatic carbocycles. The minimum atomic E-state index is 0.847. The molecule has 2 heterocycles. The molecule has 0 amide bonds. The number of fused-ring (bicyclic) bond motifs is 2. The van der Waals surface area contributed by atoms with Crippen LogP contribution in [0.15, 0.2) is 61.1 Å². The molecule has 4 nitrogen and oxygen atoms in total. The molecule has 24 heavy (non-hydrogen) atoms. The summed E-state index contributed by atoms with van der Waals surface area (Å²) in [7, 11) is 0. The number of nitrogens with zero attached hydrogens (tertiary/aromatic N) is 4. The van der Waals surface area contributed by atoms with E-state index in [9.17, 15) is 0 Å². The lowest BCUT2D eigenvalue weighted by Crippen LogP contribution is -1.96. The molecule has 2 aromatic heterocycles. The average Bonchev–Trinajstić information content (AvgIpc) is 3.30. The monoisotopic (exact) mass is 312 g/mol. The Balaban J connectivity index is 1.60. The van der Waals surface area contributed by atoms with Gasteiger partial charge in [0, 0.05) is 23.3 Å². The van der Waals surface area contributed by atoms with Gasteiger partial charge in [0.15, 0.2) is 0 Å². The first-order chi connectivity index (χ1) is 11.9. The zero-order chi connectivity index (χ0) is 15.9. The van der Waals surface area contributed by atoms with Crippen molar-refractivity contribution in [3.05, 3.63) is 72.2 Å². The van der Waals surface area contributed by atoms with E-state index >= 15 is 0 Å². The predicted octanol–water partition coefficient (Wildman–Crippen LogP) is 3.97. The SMILES string of the molecule is c1ccc2c(-c3cn(-c4ccc5c(c4)CCC5)nn3)cncc2c1. The largest absolute Gasteiger partial charge is 0.263 e. The maximum absolute atomic E-state index is 4.38. The molecular formula is C20H16N4. The van der Waals surface area contributed by atoms with Gasteiger partial charge in [-0.25, -0.2) is 4.68 Å². The standard InChI is InChI=1S/C20H16N4/c1-2-7-18-16(4-1)11-21-12-19(18)20-13-24(23-22-20)17-9-8-14-5-3-6-15(14)10-17/h1-2,4,7-13H,3,5-6H2. The molecule has 0 bridgehead atoms. The number of hydrogen-bond acceptors (Lipinski definition) is 3. The van der Waals surface area contributed by atoms with Gasteiger partial charge >= 0.3 is 0 Å². The Kier molecular flexibility index (Phi) is 2.95. The van der Waals surface area contributed by atoms with Crippen LogP contribution in [-0.4, -0.2) is 20.0 Å². The van der Waals surface area contributed by atoms with E-state index in [4.69, 9.17) is 0 Å². The topological polar surface area (TPSA) is 43.6 Å². The third-order valence-electron chi connectivity index (χ3n) is 4.78. The smallest absolute Gasteiger partial charge is 0.115 e. The molecular weight excluding hydrogens is 296 g/mol. The summed E-state index contributed by atoms with van der Waals surface area (Å²) in [5.74, 6) is 0. The average molecular weight is 312 g/mol. The molecule has 0 spiro atoms. The minimum absolute atomic E-state index is 0.847. The van der Waals surface area contributed by atoms with E-state index in [-0.39, 0.29) is 0 Å². The molecule has 1 aliphatic rings. The second-order valence-corrected chi connectivity index (χ2v) is 6.26. The first-order valence-electron chi connectivity index (χ1n) is 8.26. The highest BCUT2D eigenvalue weighted by molar-refractivity contribution is 5.94. The van der Waals surface area contributed by atoms with Crippen molar-refractivity contribution in [3.63, 3.8) is 0 Å². The van der Waals surface area contributed by atoms with Crippen molar-refractivity contribution in [2.75, 3.05) is 0 Å². The lowest BCUT2D eigenvalue weighted by molar-refractivity contribution is 0.802. The molecule has 0 saturated heterocycles. The first kappa shape index (κ1) is 13.4. The van der Waals surface area contributed by atoms with Gasteiger partial charge in [0.1, 0.15) is 5.69 Å². The second-order valence-electron chi connectivity index (χ2n) is 6.26. The Morgan fingerprint density at radius 2 is 1.83 bits per heavy atom. The van der Waals surface area contributed by atoms with Crippen LogP contribution in [0.4, 0.5) is 0 Å². The van der Waals surface area contributed by atoms with Crippen molar-refractivity contribution in [1.29, 1.82) is 0 Å². The lowest BCUT2D eigenvalue weighted by Gasteiger charge is -2.04. The van der Waals surface area contributed by atoms with E-state index in [1.807, 2.05) is 35.4 Å². The van der Waals surface area contributed by atoms with E-state index in [0.717, 1.165) is 34.1 Å². The highest BCUT2D eigenvalue weighted by Crippen LogP contribution is 2.27. The summed E-state index contributed by atoms with van der Waals surface area (Å²) in [6.45, 7) is 0. The Hall–Kier alpha value is -3.01. The molecule has 0 saturated carbocycles. The Bertz CT molecular complexity index is 1040. The van der Waals surface area contributed by atoms with Crippen molar-refractivity contribution in [1.82, 2.24) is 20.0 Å². The fraction of sp³-hybridized carbons (Fsp3) is 0.150. The van der Waals surface area contributed by atoms with Crippen LogP contribution in [-0.2, 0) is 12.8 Å². The summed E-state index contributed by atoms with van der Waals surface area (Å²) in [5.41, 5.74) is 5.84. The van der Waals surface area contributed by atoms with Crippen LogP contribution in [0.3, 0.4) is 0 Å². The lowest BCUT2D eigenvalue weighted by atomic mass is 10.1. The highest BCUT2D eigenvalue weighted by atomic mass is 15.4. The predicted molar refractivity (Wildman–Crippen MR) is 94.1 cm³/mol. The summed E-state index contributed by atoms with van der Waals surface area (Å²) in [6, 6.07) is 14.8. The Morgan fingerprint density at radius 3 is 2.83 bits per heavy atom. The molecule has 0 unspecified atom stereocenters. The molecule has 1 aliphatic carbocycles. The van der Waals surface area contributed by atoms with Gasteiger partial charge in [0.05, 0.1) is 11.9 Å². The number of aryl methyl sites for hydroxylation is 2. The Morgan fingerprint density at radius 1 is 0.917 bits per heavy atom. The van der Waals surface area contributed by atoms with Crippen molar-refractivity contribution < 1.29 is 0 Å². The number of benzene rings is 2. The van der Waals surface area contributed by atoms with Crippen LogP contribution in [0.2, 0.25) is 0 Å². The van der Waals surface area contributed by atoms with E-state index in [2.05, 4.69) is 45.6 Å². The van der Waals surface area contributed by atoms with Gasteiger partial charge in [-0.05, 0) is 47.9 Å². The Labute approximate surface area is 139 Å². The number of aromatic nitrogens is 4. The number of pyridine rings is 1. The first-order valence-corrected chi connectivity index (χ1v) is 8.26. The zero-order valence-corrected chi connectivity index (χ0v) is 13.2.